The van der Waals surface area contributed by atoms with Gasteiger partial charge in [-0.05, 0) is 86.2 Å². The molecule has 0 fully saturated rings. The normalized spacial score (nSPS) is 10.5. The largest absolute Gasteiger partial charge is 0.494 e. The van der Waals surface area contributed by atoms with Crippen LogP contribution in [0.15, 0.2) is 78.9 Å². The Labute approximate surface area is 239 Å². The molecule has 0 bridgehead atoms. The summed E-state index contributed by atoms with van der Waals surface area (Å²) in [5.41, 5.74) is 1.69. The molecule has 0 saturated carbocycles. The monoisotopic (exact) mass is 561 g/mol. The summed E-state index contributed by atoms with van der Waals surface area (Å²) in [4.78, 5) is 35.2. The maximum atomic E-state index is 12.7. The predicted octanol–water partition coefficient (Wildman–Crippen LogP) is 7.33. The highest BCUT2D eigenvalue weighted by Crippen LogP contribution is 2.33. The molecule has 0 aliphatic carbocycles. The van der Waals surface area contributed by atoms with Crippen LogP contribution in [0.1, 0.15) is 56.3 Å². The summed E-state index contributed by atoms with van der Waals surface area (Å²) in [6, 6.07) is 18.1. The lowest BCUT2D eigenvalue weighted by atomic mass is 10.0. The topological polar surface area (TPSA) is 114 Å². The molecule has 41 heavy (non-hydrogen) atoms. The molecule has 0 N–H and O–H groups in total. The molecule has 9 heteroatoms. The number of rotatable bonds is 16. The molecule has 3 aromatic rings. The first-order valence-corrected chi connectivity index (χ1v) is 13.6. The molecule has 0 aliphatic heterocycles. The predicted molar refractivity (Wildman–Crippen MR) is 155 cm³/mol. The van der Waals surface area contributed by atoms with Gasteiger partial charge in [0.1, 0.15) is 11.5 Å². The number of hydrogen-bond donors (Lipinski definition) is 0. The number of nitro groups is 1. The molecule has 0 aromatic heterocycles. The highest BCUT2D eigenvalue weighted by atomic mass is 16.6. The minimum Gasteiger partial charge on any atom is -0.494 e. The Kier molecular flexibility index (Phi) is 11.9. The molecule has 0 heterocycles. The van der Waals surface area contributed by atoms with Gasteiger partial charge in [-0.15, -0.1) is 0 Å². The zero-order valence-corrected chi connectivity index (χ0v) is 23.4. The van der Waals surface area contributed by atoms with Gasteiger partial charge >= 0.3 is 17.6 Å². The summed E-state index contributed by atoms with van der Waals surface area (Å²) in [5, 5.41) is 11.8. The van der Waals surface area contributed by atoms with Crippen LogP contribution in [-0.4, -0.2) is 36.7 Å². The molecular formula is C32H35NO8. The Hall–Kier alpha value is -4.66. The van der Waals surface area contributed by atoms with E-state index >= 15 is 0 Å². The molecule has 0 saturated heterocycles. The maximum Gasteiger partial charge on any atom is 0.343 e. The van der Waals surface area contributed by atoms with Crippen LogP contribution in [0.3, 0.4) is 0 Å². The van der Waals surface area contributed by atoms with Crippen LogP contribution in [0.2, 0.25) is 0 Å². The van der Waals surface area contributed by atoms with Crippen molar-refractivity contribution in [1.29, 1.82) is 0 Å². The number of carbonyl (C=O) groups excluding carboxylic acids is 2. The summed E-state index contributed by atoms with van der Waals surface area (Å²) in [6.07, 6.45) is 4.32. The molecule has 216 valence electrons. The van der Waals surface area contributed by atoms with E-state index in [1.807, 2.05) is 24.3 Å². The average molecular weight is 562 g/mol. The fourth-order valence-electron chi connectivity index (χ4n) is 3.71. The SMILES string of the molecule is C=C(C)C(=O)OCCCCCOc1ccc(C(=O)Oc2ccc(-c3ccc(OCCCC)cc3)cc2[N+](=O)[O-])cc1. The van der Waals surface area contributed by atoms with Crippen molar-refractivity contribution in [2.24, 2.45) is 0 Å². The molecule has 0 aliphatic rings. The molecule has 0 amide bonds. The number of esters is 2. The van der Waals surface area contributed by atoms with E-state index in [0.29, 0.717) is 36.7 Å². The van der Waals surface area contributed by atoms with Gasteiger partial charge in [0, 0.05) is 11.6 Å². The van der Waals surface area contributed by atoms with Crippen LogP contribution in [-0.2, 0) is 9.53 Å². The van der Waals surface area contributed by atoms with E-state index in [2.05, 4.69) is 13.5 Å². The zero-order valence-electron chi connectivity index (χ0n) is 23.4. The van der Waals surface area contributed by atoms with E-state index in [-0.39, 0.29) is 23.0 Å². The van der Waals surface area contributed by atoms with Crippen molar-refractivity contribution in [2.45, 2.75) is 46.0 Å². The van der Waals surface area contributed by atoms with Crippen LogP contribution in [0.5, 0.6) is 17.2 Å². The van der Waals surface area contributed by atoms with Gasteiger partial charge in [0.05, 0.1) is 30.3 Å². The van der Waals surface area contributed by atoms with Gasteiger partial charge in [-0.25, -0.2) is 9.59 Å². The Balaban J connectivity index is 1.53. The Morgan fingerprint density at radius 2 is 1.39 bits per heavy atom. The van der Waals surface area contributed by atoms with Crippen LogP contribution in [0.25, 0.3) is 11.1 Å². The number of benzene rings is 3. The minimum absolute atomic E-state index is 0.141. The van der Waals surface area contributed by atoms with Crippen molar-refractivity contribution in [3.63, 3.8) is 0 Å². The highest BCUT2D eigenvalue weighted by Gasteiger charge is 2.20. The van der Waals surface area contributed by atoms with Gasteiger partial charge < -0.3 is 18.9 Å². The fourth-order valence-corrected chi connectivity index (χ4v) is 3.71. The lowest BCUT2D eigenvalue weighted by Crippen LogP contribution is -2.10. The van der Waals surface area contributed by atoms with Crippen molar-refractivity contribution in [1.82, 2.24) is 0 Å². The first kappa shape index (κ1) is 30.9. The first-order chi connectivity index (χ1) is 19.8. The number of ether oxygens (including phenoxy) is 4. The molecule has 9 nitrogen and oxygen atoms in total. The van der Waals surface area contributed by atoms with E-state index in [1.54, 1.807) is 37.3 Å². The number of nitrogens with zero attached hydrogens (tertiary/aromatic N) is 1. The molecule has 0 atom stereocenters. The van der Waals surface area contributed by atoms with Crippen molar-refractivity contribution in [3.8, 4) is 28.4 Å². The molecule has 0 unspecified atom stereocenters. The van der Waals surface area contributed by atoms with Crippen molar-refractivity contribution < 1.29 is 33.5 Å². The summed E-state index contributed by atoms with van der Waals surface area (Å²) >= 11 is 0. The second kappa shape index (κ2) is 15.8. The lowest BCUT2D eigenvalue weighted by molar-refractivity contribution is -0.385. The van der Waals surface area contributed by atoms with Crippen LogP contribution in [0, 0.1) is 10.1 Å². The standard InChI is InChI=1S/C32H35NO8/c1-4-5-19-38-27-14-9-24(10-15-27)26-13-18-30(29(22-26)33(36)37)41-32(35)25-11-16-28(17-12-25)39-20-7-6-8-21-40-31(34)23(2)3/h9-18,22H,2,4-8,19-21H2,1,3H3. The van der Waals surface area contributed by atoms with Crippen molar-refractivity contribution in [2.75, 3.05) is 19.8 Å². The van der Waals surface area contributed by atoms with Crippen LogP contribution < -0.4 is 14.2 Å². The average Bonchev–Trinajstić information content (AvgIpc) is 2.97. The Morgan fingerprint density at radius 1 is 0.805 bits per heavy atom. The number of hydrogen-bond acceptors (Lipinski definition) is 8. The first-order valence-electron chi connectivity index (χ1n) is 13.6. The van der Waals surface area contributed by atoms with Gasteiger partial charge in [-0.3, -0.25) is 10.1 Å². The number of nitro benzene ring substituents is 1. The van der Waals surface area contributed by atoms with Crippen LogP contribution in [0.4, 0.5) is 5.69 Å². The zero-order chi connectivity index (χ0) is 29.6. The van der Waals surface area contributed by atoms with Gasteiger partial charge in [0.15, 0.2) is 0 Å². The van der Waals surface area contributed by atoms with Gasteiger partial charge in [0.2, 0.25) is 5.75 Å². The van der Waals surface area contributed by atoms with Crippen molar-refractivity contribution >= 4 is 17.6 Å². The Bertz CT molecular complexity index is 1330. The second-order valence-electron chi connectivity index (χ2n) is 9.41. The van der Waals surface area contributed by atoms with E-state index in [1.165, 1.54) is 12.1 Å². The quantitative estimate of drug-likeness (QED) is 0.0446. The fraction of sp³-hybridized carbons (Fsp3) is 0.312. The summed E-state index contributed by atoms with van der Waals surface area (Å²) < 4.78 is 21.8. The second-order valence-corrected chi connectivity index (χ2v) is 9.41. The Morgan fingerprint density at radius 3 is 2.00 bits per heavy atom. The summed E-state index contributed by atoms with van der Waals surface area (Å²) in [5.74, 6) is 0.0636. The summed E-state index contributed by atoms with van der Waals surface area (Å²) in [7, 11) is 0. The third kappa shape index (κ3) is 9.79. The van der Waals surface area contributed by atoms with Gasteiger partial charge in [0.25, 0.3) is 0 Å². The van der Waals surface area contributed by atoms with Gasteiger partial charge in [-0.2, -0.15) is 0 Å². The van der Waals surface area contributed by atoms with E-state index in [0.717, 1.165) is 43.4 Å². The smallest absolute Gasteiger partial charge is 0.343 e. The van der Waals surface area contributed by atoms with Crippen molar-refractivity contribution in [3.05, 3.63) is 94.6 Å². The highest BCUT2D eigenvalue weighted by molar-refractivity contribution is 5.92. The minimum atomic E-state index is -0.717. The molecule has 0 spiro atoms. The van der Waals surface area contributed by atoms with E-state index in [9.17, 15) is 19.7 Å². The van der Waals surface area contributed by atoms with Crippen LogP contribution >= 0.6 is 0 Å². The van der Waals surface area contributed by atoms with E-state index in [4.69, 9.17) is 18.9 Å². The lowest BCUT2D eigenvalue weighted by Gasteiger charge is -2.10. The molecule has 3 aromatic carbocycles. The van der Waals surface area contributed by atoms with Gasteiger partial charge in [-0.1, -0.05) is 38.1 Å². The third-order valence-electron chi connectivity index (χ3n) is 6.04. The maximum absolute atomic E-state index is 12.7. The number of unbranched alkanes of at least 4 members (excludes halogenated alkanes) is 3. The molecule has 0 radical (unpaired) electrons. The number of carbonyl (C=O) groups is 2. The van der Waals surface area contributed by atoms with E-state index < -0.39 is 10.9 Å². The summed E-state index contributed by atoms with van der Waals surface area (Å²) in [6.45, 7) is 8.67. The molecule has 3 rings (SSSR count). The third-order valence-corrected chi connectivity index (χ3v) is 6.04. The molecular weight excluding hydrogens is 526 g/mol.